The maximum Gasteiger partial charge on any atom is 0.317 e. The third kappa shape index (κ3) is 5.59. The summed E-state index contributed by atoms with van der Waals surface area (Å²) >= 11 is 0. The zero-order chi connectivity index (χ0) is 23.1. The van der Waals surface area contributed by atoms with Crippen molar-refractivity contribution in [3.8, 4) is 0 Å². The van der Waals surface area contributed by atoms with Crippen molar-refractivity contribution in [2.24, 2.45) is 11.8 Å². The van der Waals surface area contributed by atoms with Gasteiger partial charge < -0.3 is 20.3 Å². The molecule has 4 unspecified atom stereocenters. The first-order valence-electron chi connectivity index (χ1n) is 10.1. The molecule has 1 aromatic carbocycles. The molecule has 166 valence electrons. The van der Waals surface area contributed by atoms with E-state index in [0.717, 1.165) is 0 Å². The maximum atomic E-state index is 13.2. The van der Waals surface area contributed by atoms with Crippen LogP contribution in [0, 0.1) is 11.8 Å². The topological polar surface area (TPSA) is 116 Å². The molecular weight excluding hydrogens is 386 g/mol. The smallest absolute Gasteiger partial charge is 0.317 e. The summed E-state index contributed by atoms with van der Waals surface area (Å²) in [5.41, 5.74) is 3.51. The van der Waals surface area contributed by atoms with E-state index in [0.29, 0.717) is 11.3 Å². The van der Waals surface area contributed by atoms with Gasteiger partial charge in [-0.05, 0) is 66.2 Å². The minimum atomic E-state index is -1.69. The van der Waals surface area contributed by atoms with E-state index in [2.05, 4.69) is 0 Å². The van der Waals surface area contributed by atoms with Crippen molar-refractivity contribution in [2.75, 3.05) is 5.73 Å². The van der Waals surface area contributed by atoms with Crippen LogP contribution in [0.5, 0.6) is 0 Å². The Labute approximate surface area is 177 Å². The lowest BCUT2D eigenvalue weighted by Crippen LogP contribution is -2.56. The number of ether oxygens (including phenoxy) is 2. The van der Waals surface area contributed by atoms with Crippen LogP contribution in [0.4, 0.5) is 5.69 Å². The predicted molar refractivity (Wildman–Crippen MR) is 113 cm³/mol. The Morgan fingerprint density at radius 3 is 1.93 bits per heavy atom. The summed E-state index contributed by atoms with van der Waals surface area (Å²) in [7, 11) is 0. The number of benzene rings is 1. The highest BCUT2D eigenvalue weighted by atomic mass is 16.6. The second-order valence-corrected chi connectivity index (χ2v) is 10.2. The van der Waals surface area contributed by atoms with Gasteiger partial charge in [-0.1, -0.05) is 12.1 Å². The number of rotatable bonds is 3. The molecule has 0 aromatic heterocycles. The average molecular weight is 420 g/mol. The molecule has 0 aliphatic heterocycles. The number of aliphatic hydroxyl groups is 1. The normalized spacial score (nSPS) is 27.5. The monoisotopic (exact) mass is 419 g/mol. The van der Waals surface area contributed by atoms with E-state index in [-0.39, 0.29) is 6.42 Å². The number of hydrogen-bond donors (Lipinski definition) is 2. The predicted octanol–water partition coefficient (Wildman–Crippen LogP) is 2.99. The maximum absolute atomic E-state index is 13.2. The third-order valence-corrected chi connectivity index (χ3v) is 4.91. The number of nitrogen functional groups attached to an aromatic ring is 1. The van der Waals surface area contributed by atoms with E-state index >= 15 is 0 Å². The number of carbonyl (C=O) groups is 3. The highest BCUT2D eigenvalue weighted by molar-refractivity contribution is 6.03. The van der Waals surface area contributed by atoms with Crippen molar-refractivity contribution in [2.45, 2.75) is 77.6 Å². The zero-order valence-corrected chi connectivity index (χ0v) is 18.8. The molecule has 3 N–H and O–H groups in total. The molecule has 0 heterocycles. The molecule has 7 heteroatoms. The second-order valence-electron chi connectivity index (χ2n) is 10.2. The number of Topliss-reactive ketones (excluding diaryl/α,β-unsaturated/α-hetero) is 1. The van der Waals surface area contributed by atoms with Crippen molar-refractivity contribution in [3.05, 3.63) is 29.8 Å². The number of hydrogen-bond acceptors (Lipinski definition) is 7. The van der Waals surface area contributed by atoms with Crippen molar-refractivity contribution < 1.29 is 29.0 Å². The molecule has 2 rings (SSSR count). The van der Waals surface area contributed by atoms with Crippen molar-refractivity contribution in [1.29, 1.82) is 0 Å². The van der Waals surface area contributed by atoms with Crippen LogP contribution in [0.25, 0.3) is 0 Å². The van der Waals surface area contributed by atoms with E-state index in [1.54, 1.807) is 65.8 Å². The zero-order valence-electron chi connectivity index (χ0n) is 18.8. The van der Waals surface area contributed by atoms with Crippen molar-refractivity contribution >= 4 is 23.4 Å². The van der Waals surface area contributed by atoms with Gasteiger partial charge in [0.1, 0.15) is 17.1 Å². The highest BCUT2D eigenvalue weighted by Crippen LogP contribution is 2.47. The Bertz CT molecular complexity index is 814. The molecule has 1 aromatic rings. The van der Waals surface area contributed by atoms with Crippen molar-refractivity contribution in [1.82, 2.24) is 0 Å². The first-order valence-corrected chi connectivity index (χ1v) is 10.1. The molecule has 0 amide bonds. The average Bonchev–Trinajstić information content (AvgIpc) is 2.50. The molecule has 1 aliphatic carbocycles. The number of ketones is 1. The molecule has 0 bridgehead atoms. The second kappa shape index (κ2) is 8.02. The van der Waals surface area contributed by atoms with Gasteiger partial charge in [-0.2, -0.15) is 0 Å². The van der Waals surface area contributed by atoms with Gasteiger partial charge in [0.25, 0.3) is 0 Å². The lowest BCUT2D eigenvalue weighted by atomic mass is 9.61. The third-order valence-electron chi connectivity index (χ3n) is 4.91. The SMILES string of the molecule is CC(C)(C)OC(=O)C1C(=O)CC(C)(O)C(C(=O)OC(C)(C)C)C1c1ccc(N)cc1. The van der Waals surface area contributed by atoms with E-state index in [9.17, 15) is 19.5 Å². The van der Waals surface area contributed by atoms with Crippen LogP contribution in [0.3, 0.4) is 0 Å². The fraction of sp³-hybridized carbons (Fsp3) is 0.609. The minimum absolute atomic E-state index is 0.355. The van der Waals surface area contributed by atoms with Gasteiger partial charge in [0.15, 0.2) is 5.78 Å². The molecule has 0 saturated heterocycles. The summed E-state index contributed by atoms with van der Waals surface area (Å²) in [6.45, 7) is 11.7. The number of nitrogens with two attached hydrogens (primary N) is 1. The lowest BCUT2D eigenvalue weighted by molar-refractivity contribution is -0.182. The van der Waals surface area contributed by atoms with Gasteiger partial charge >= 0.3 is 11.9 Å². The first-order chi connectivity index (χ1) is 13.5. The fourth-order valence-electron chi connectivity index (χ4n) is 3.86. The quantitative estimate of drug-likeness (QED) is 0.439. The van der Waals surface area contributed by atoms with Gasteiger partial charge in [0.05, 0.1) is 11.5 Å². The summed E-state index contributed by atoms with van der Waals surface area (Å²) in [6, 6.07) is 6.57. The van der Waals surface area contributed by atoms with Gasteiger partial charge in [-0.3, -0.25) is 14.4 Å². The fourth-order valence-corrected chi connectivity index (χ4v) is 3.86. The van der Waals surface area contributed by atoms with Crippen molar-refractivity contribution in [3.63, 3.8) is 0 Å². The Hall–Kier alpha value is -2.41. The highest BCUT2D eigenvalue weighted by Gasteiger charge is 2.57. The lowest BCUT2D eigenvalue weighted by Gasteiger charge is -2.44. The largest absolute Gasteiger partial charge is 0.460 e. The van der Waals surface area contributed by atoms with Crippen LogP contribution in [0.15, 0.2) is 24.3 Å². The van der Waals surface area contributed by atoms with Gasteiger partial charge in [0, 0.05) is 18.0 Å². The van der Waals surface area contributed by atoms with Gasteiger partial charge in [-0.15, -0.1) is 0 Å². The molecule has 0 radical (unpaired) electrons. The van der Waals surface area contributed by atoms with Gasteiger partial charge in [0.2, 0.25) is 0 Å². The molecule has 7 nitrogen and oxygen atoms in total. The Morgan fingerprint density at radius 2 is 1.47 bits per heavy atom. The first kappa shape index (κ1) is 23.9. The Morgan fingerprint density at radius 1 is 1.00 bits per heavy atom. The molecule has 4 atom stereocenters. The number of anilines is 1. The molecule has 1 saturated carbocycles. The Balaban J connectivity index is 2.62. The summed E-state index contributed by atoms with van der Waals surface area (Å²) in [6.07, 6.45) is -0.355. The summed E-state index contributed by atoms with van der Waals surface area (Å²) in [5.74, 6) is -5.21. The van der Waals surface area contributed by atoms with Crippen LogP contribution in [0.1, 0.15) is 66.4 Å². The van der Waals surface area contributed by atoms with Crippen LogP contribution >= 0.6 is 0 Å². The number of carbonyl (C=O) groups excluding carboxylic acids is 3. The molecule has 1 aliphatic rings. The summed E-state index contributed by atoms with van der Waals surface area (Å²) < 4.78 is 11.1. The number of esters is 2. The summed E-state index contributed by atoms with van der Waals surface area (Å²) in [5, 5.41) is 11.1. The molecular formula is C23H33NO6. The minimum Gasteiger partial charge on any atom is -0.460 e. The standard InChI is InChI=1S/C23H33NO6/c1-21(2,3)29-19(26)17-15(25)12-23(7,28)18(20(27)30-22(4,5)6)16(17)13-8-10-14(24)11-9-13/h8-11,16-18,28H,12,24H2,1-7H3. The van der Waals surface area contributed by atoms with Crippen LogP contribution in [-0.2, 0) is 23.9 Å². The molecule has 0 spiro atoms. The van der Waals surface area contributed by atoms with E-state index in [1.165, 1.54) is 6.92 Å². The van der Waals surface area contributed by atoms with Gasteiger partial charge in [-0.25, -0.2) is 0 Å². The van der Waals surface area contributed by atoms with Crippen LogP contribution in [-0.4, -0.2) is 39.6 Å². The summed E-state index contributed by atoms with van der Waals surface area (Å²) in [4.78, 5) is 39.2. The molecule has 30 heavy (non-hydrogen) atoms. The van der Waals surface area contributed by atoms with Crippen LogP contribution < -0.4 is 5.73 Å². The van der Waals surface area contributed by atoms with Crippen LogP contribution in [0.2, 0.25) is 0 Å². The molecule has 1 fully saturated rings. The van der Waals surface area contributed by atoms with E-state index in [1.807, 2.05) is 0 Å². The van der Waals surface area contributed by atoms with E-state index < -0.39 is 52.3 Å². The Kier molecular flexibility index (Phi) is 6.38. The van der Waals surface area contributed by atoms with E-state index in [4.69, 9.17) is 15.2 Å².